The number of rotatable bonds is 4. The predicted octanol–water partition coefficient (Wildman–Crippen LogP) is 5.13. The van der Waals surface area contributed by atoms with Gasteiger partial charge in [0.1, 0.15) is 11.4 Å². The first-order chi connectivity index (χ1) is 13.6. The van der Waals surface area contributed by atoms with E-state index in [0.717, 1.165) is 37.0 Å². The van der Waals surface area contributed by atoms with Crippen LogP contribution in [0.3, 0.4) is 0 Å². The maximum Gasteiger partial charge on any atom is 0.338 e. The molecule has 0 aliphatic carbocycles. The zero-order valence-electron chi connectivity index (χ0n) is 15.2. The van der Waals surface area contributed by atoms with Crippen molar-refractivity contribution in [3.63, 3.8) is 0 Å². The number of fused-ring (bicyclic) bond motifs is 1. The van der Waals surface area contributed by atoms with Gasteiger partial charge in [-0.15, -0.1) is 0 Å². The van der Waals surface area contributed by atoms with Gasteiger partial charge in [0.05, 0.1) is 5.69 Å². The summed E-state index contributed by atoms with van der Waals surface area (Å²) in [6, 6.07) is 13.7. The minimum Gasteiger partial charge on any atom is -0.423 e. The van der Waals surface area contributed by atoms with E-state index in [1.165, 1.54) is 12.1 Å². The molecule has 0 saturated carbocycles. The molecule has 0 radical (unpaired) electrons. The molecule has 3 aromatic rings. The Morgan fingerprint density at radius 1 is 1.14 bits per heavy atom. The van der Waals surface area contributed by atoms with Crippen LogP contribution < -0.4 is 10.9 Å². The van der Waals surface area contributed by atoms with Crippen LogP contribution in [-0.2, 0) is 0 Å². The second-order valence-electron chi connectivity index (χ2n) is 6.91. The molecule has 4 rings (SSSR count). The van der Waals surface area contributed by atoms with Crippen molar-refractivity contribution in [1.82, 2.24) is 4.90 Å². The molecule has 0 atom stereocenters. The summed E-state index contributed by atoms with van der Waals surface area (Å²) in [6.07, 6.45) is 5.57. The SMILES string of the molecule is O=c1cc(NC2CCN(/C=C/c3ccccc3F)CC2)c2cc(Cl)ccc2o1. The van der Waals surface area contributed by atoms with E-state index in [4.69, 9.17) is 16.0 Å². The first-order valence-electron chi connectivity index (χ1n) is 9.25. The number of benzene rings is 2. The second kappa shape index (κ2) is 8.07. The molecule has 0 unspecified atom stereocenters. The molecular weight excluding hydrogens is 379 g/mol. The maximum absolute atomic E-state index is 13.7. The number of halogens is 2. The minimum atomic E-state index is -0.387. The van der Waals surface area contributed by atoms with Crippen molar-refractivity contribution in [2.75, 3.05) is 18.4 Å². The summed E-state index contributed by atoms with van der Waals surface area (Å²) in [6.45, 7) is 1.70. The molecule has 1 aliphatic rings. The fourth-order valence-corrected chi connectivity index (χ4v) is 3.64. The van der Waals surface area contributed by atoms with Gasteiger partial charge in [0.15, 0.2) is 0 Å². The first-order valence-corrected chi connectivity index (χ1v) is 9.63. The normalized spacial score (nSPS) is 15.4. The molecule has 0 spiro atoms. The Labute approximate surface area is 167 Å². The Kier molecular flexibility index (Phi) is 5.35. The summed E-state index contributed by atoms with van der Waals surface area (Å²) in [5, 5.41) is 4.86. The molecule has 28 heavy (non-hydrogen) atoms. The zero-order chi connectivity index (χ0) is 19.5. The number of hydrogen-bond acceptors (Lipinski definition) is 4. The van der Waals surface area contributed by atoms with Gasteiger partial charge in [0, 0.05) is 41.2 Å². The van der Waals surface area contributed by atoms with Crippen molar-refractivity contribution in [3.8, 4) is 0 Å². The average molecular weight is 399 g/mol. The molecule has 144 valence electrons. The van der Waals surface area contributed by atoms with Gasteiger partial charge in [-0.3, -0.25) is 0 Å². The van der Waals surface area contributed by atoms with Crippen LogP contribution in [0.2, 0.25) is 5.02 Å². The van der Waals surface area contributed by atoms with Crippen molar-refractivity contribution in [1.29, 1.82) is 0 Å². The Morgan fingerprint density at radius 2 is 1.93 bits per heavy atom. The lowest BCUT2D eigenvalue weighted by atomic mass is 10.0. The molecule has 1 aliphatic heterocycles. The fourth-order valence-electron chi connectivity index (χ4n) is 3.46. The molecule has 1 saturated heterocycles. The van der Waals surface area contributed by atoms with Crippen molar-refractivity contribution in [3.05, 3.63) is 81.6 Å². The summed E-state index contributed by atoms with van der Waals surface area (Å²) >= 11 is 6.10. The Balaban J connectivity index is 1.42. The lowest BCUT2D eigenvalue weighted by Gasteiger charge is -2.32. The van der Waals surface area contributed by atoms with E-state index in [2.05, 4.69) is 10.2 Å². The molecule has 1 fully saturated rings. The summed E-state index contributed by atoms with van der Waals surface area (Å²) < 4.78 is 19.0. The number of hydrogen-bond donors (Lipinski definition) is 1. The van der Waals surface area contributed by atoms with Gasteiger partial charge in [-0.2, -0.15) is 0 Å². The van der Waals surface area contributed by atoms with E-state index in [1.54, 1.807) is 36.4 Å². The number of likely N-dealkylation sites (tertiary alicyclic amines) is 1. The van der Waals surface area contributed by atoms with Crippen molar-refractivity contribution in [2.45, 2.75) is 18.9 Å². The van der Waals surface area contributed by atoms with Crippen molar-refractivity contribution in [2.24, 2.45) is 0 Å². The molecule has 4 nitrogen and oxygen atoms in total. The highest BCUT2D eigenvalue weighted by molar-refractivity contribution is 6.31. The highest BCUT2D eigenvalue weighted by Gasteiger charge is 2.18. The Bertz CT molecular complexity index is 1070. The summed E-state index contributed by atoms with van der Waals surface area (Å²) in [7, 11) is 0. The van der Waals surface area contributed by atoms with Crippen LogP contribution in [0.15, 0.2) is 63.9 Å². The zero-order valence-corrected chi connectivity index (χ0v) is 16.0. The van der Waals surface area contributed by atoms with E-state index in [9.17, 15) is 9.18 Å². The Hall–Kier alpha value is -2.79. The second-order valence-corrected chi connectivity index (χ2v) is 7.35. The van der Waals surface area contributed by atoms with Crippen LogP contribution in [0.25, 0.3) is 17.0 Å². The van der Waals surface area contributed by atoms with Crippen LogP contribution in [0.4, 0.5) is 10.1 Å². The predicted molar refractivity (Wildman–Crippen MR) is 111 cm³/mol. The fraction of sp³-hybridized carbons (Fsp3) is 0.227. The van der Waals surface area contributed by atoms with E-state index < -0.39 is 0 Å². The molecular formula is C22H20ClFN2O2. The van der Waals surface area contributed by atoms with E-state index >= 15 is 0 Å². The van der Waals surface area contributed by atoms with Crippen molar-refractivity contribution < 1.29 is 8.81 Å². The minimum absolute atomic E-state index is 0.219. The Morgan fingerprint density at radius 3 is 2.71 bits per heavy atom. The van der Waals surface area contributed by atoms with Gasteiger partial charge in [0.25, 0.3) is 0 Å². The van der Waals surface area contributed by atoms with Crippen LogP contribution in [0.1, 0.15) is 18.4 Å². The van der Waals surface area contributed by atoms with Crippen LogP contribution >= 0.6 is 11.6 Å². The lowest BCUT2D eigenvalue weighted by Crippen LogP contribution is -2.36. The van der Waals surface area contributed by atoms with Crippen LogP contribution in [0, 0.1) is 5.82 Å². The van der Waals surface area contributed by atoms with E-state index in [-0.39, 0.29) is 17.5 Å². The standard InChI is InChI=1S/C22H20ClFN2O2/c23-16-5-6-21-18(13-16)20(14-22(27)28-21)25-17-8-11-26(12-9-17)10-7-15-3-1-2-4-19(15)24/h1-7,10,13-14,17,25H,8-9,11-12H2/b10-7+. The number of nitrogens with one attached hydrogen (secondary N) is 1. The molecule has 1 N–H and O–H groups in total. The van der Waals surface area contributed by atoms with Gasteiger partial charge < -0.3 is 14.6 Å². The number of nitrogens with zero attached hydrogens (tertiary/aromatic N) is 1. The molecule has 2 heterocycles. The smallest absolute Gasteiger partial charge is 0.338 e. The van der Waals surface area contributed by atoms with E-state index in [0.29, 0.717) is 16.2 Å². The van der Waals surface area contributed by atoms with Crippen LogP contribution in [-0.4, -0.2) is 24.0 Å². The monoisotopic (exact) mass is 398 g/mol. The highest BCUT2D eigenvalue weighted by Crippen LogP contribution is 2.27. The molecule has 0 bridgehead atoms. The topological polar surface area (TPSA) is 45.5 Å². The van der Waals surface area contributed by atoms with Gasteiger partial charge in [0.2, 0.25) is 0 Å². The quantitative estimate of drug-likeness (QED) is 0.618. The van der Waals surface area contributed by atoms with Crippen LogP contribution in [0.5, 0.6) is 0 Å². The summed E-state index contributed by atoms with van der Waals surface area (Å²) in [4.78, 5) is 14.0. The van der Waals surface area contributed by atoms with Gasteiger partial charge in [-0.05, 0) is 49.4 Å². The highest BCUT2D eigenvalue weighted by atomic mass is 35.5. The number of piperidine rings is 1. The molecule has 6 heteroatoms. The summed E-state index contributed by atoms with van der Waals surface area (Å²) in [5.74, 6) is -0.219. The third kappa shape index (κ3) is 4.20. The van der Waals surface area contributed by atoms with Gasteiger partial charge in [-0.25, -0.2) is 9.18 Å². The van der Waals surface area contributed by atoms with Crippen molar-refractivity contribution >= 4 is 34.3 Å². The molecule has 1 aromatic heterocycles. The van der Waals surface area contributed by atoms with Gasteiger partial charge >= 0.3 is 5.63 Å². The number of anilines is 1. The average Bonchev–Trinajstić information content (AvgIpc) is 2.69. The van der Waals surface area contributed by atoms with E-state index in [1.807, 2.05) is 12.3 Å². The third-order valence-electron chi connectivity index (χ3n) is 4.96. The summed E-state index contributed by atoms with van der Waals surface area (Å²) in [5.41, 5.74) is 1.46. The first kappa shape index (κ1) is 18.6. The molecule has 0 amide bonds. The maximum atomic E-state index is 13.7. The van der Waals surface area contributed by atoms with Gasteiger partial charge in [-0.1, -0.05) is 29.8 Å². The molecule has 2 aromatic carbocycles. The third-order valence-corrected chi connectivity index (χ3v) is 5.20. The largest absolute Gasteiger partial charge is 0.423 e. The lowest BCUT2D eigenvalue weighted by molar-refractivity contribution is 0.295.